The van der Waals surface area contributed by atoms with Crippen LogP contribution in [0.25, 0.3) is 82.8 Å². The van der Waals surface area contributed by atoms with Gasteiger partial charge in [-0.2, -0.15) is 0 Å². The maximum absolute atomic E-state index is 7.41. The first kappa shape index (κ1) is 42.8. The second-order valence-electron chi connectivity index (χ2n) is 19.7. The molecule has 0 saturated heterocycles. The minimum Gasteiger partial charge on any atom is -0.458 e. The summed E-state index contributed by atoms with van der Waals surface area (Å²) in [4.78, 5) is 4.82. The second kappa shape index (κ2) is 16.8. The molecule has 10 aromatic carbocycles. The molecule has 3 heterocycles. The molecule has 3 aromatic heterocycles. The summed E-state index contributed by atoms with van der Waals surface area (Å²) in [6.45, 7) is 8.74. The number of nitrogens with zero attached hydrogens (tertiary/aromatic N) is 2. The number of hydrogen-bond donors (Lipinski definition) is 0. The summed E-state index contributed by atoms with van der Waals surface area (Å²) in [5.41, 5.74) is 19.3. The first-order valence-corrected chi connectivity index (χ1v) is 25.3. The van der Waals surface area contributed by atoms with Gasteiger partial charge in [0.25, 0.3) is 0 Å². The molecule has 0 N–H and O–H groups in total. The van der Waals surface area contributed by atoms with Crippen LogP contribution in [0, 0.1) is 27.7 Å². The molecule has 0 spiro atoms. The standard InChI is InChI=1S/C68H50N2O3/c1-41-35-37-47(39-43(41)3)69(58-32-17-30-55-53-28-15-26-49(64(53)72-66(55)58)45-19-7-5-8-20-45)62-51-23-11-12-24-52(51)63(68-61(62)57-25-13-14-34-60(57)71-68)70(48-38-36-42(2)44(4)40-48)59-33-18-31-56-54-29-16-27-50(65(54)73-67(56)59)46-21-9-6-10-22-46/h5-26,28-40,50H,27H2,1-4H3. The quantitative estimate of drug-likeness (QED) is 0.142. The molecule has 0 saturated carbocycles. The fourth-order valence-electron chi connectivity index (χ4n) is 11.5. The highest BCUT2D eigenvalue weighted by Crippen LogP contribution is 2.56. The Labute approximate surface area is 423 Å². The number of rotatable bonds is 8. The molecule has 5 heteroatoms. The molecule has 73 heavy (non-hydrogen) atoms. The lowest BCUT2D eigenvalue weighted by molar-refractivity contribution is 0.517. The largest absolute Gasteiger partial charge is 0.458 e. The van der Waals surface area contributed by atoms with Gasteiger partial charge in [-0.1, -0.05) is 170 Å². The average Bonchev–Trinajstić information content (AvgIpc) is 4.15. The summed E-state index contributed by atoms with van der Waals surface area (Å²) in [6.07, 6.45) is 5.41. The van der Waals surface area contributed by atoms with Crippen LogP contribution in [0.4, 0.5) is 34.1 Å². The molecule has 1 unspecified atom stereocenters. The lowest BCUT2D eigenvalue weighted by Gasteiger charge is -2.31. The third kappa shape index (κ3) is 6.69. The van der Waals surface area contributed by atoms with Crippen molar-refractivity contribution in [3.05, 3.63) is 245 Å². The molecular formula is C68H50N2O3. The highest BCUT2D eigenvalue weighted by molar-refractivity contribution is 6.29. The molecule has 1 aliphatic rings. The molecule has 0 fully saturated rings. The van der Waals surface area contributed by atoms with Gasteiger partial charge in [0, 0.05) is 60.7 Å². The Bertz CT molecular complexity index is 4360. The number of aryl methyl sites for hydroxylation is 4. The Balaban J connectivity index is 1.10. The van der Waals surface area contributed by atoms with Crippen LogP contribution in [0.3, 0.4) is 0 Å². The summed E-state index contributed by atoms with van der Waals surface area (Å²) in [5.74, 6) is 1.08. The van der Waals surface area contributed by atoms with E-state index < -0.39 is 0 Å². The van der Waals surface area contributed by atoms with Gasteiger partial charge in [-0.3, -0.25) is 0 Å². The van der Waals surface area contributed by atoms with Crippen molar-refractivity contribution in [1.29, 1.82) is 0 Å². The third-order valence-corrected chi connectivity index (χ3v) is 15.4. The zero-order chi connectivity index (χ0) is 48.9. The van der Waals surface area contributed by atoms with E-state index in [9.17, 15) is 0 Å². The van der Waals surface area contributed by atoms with E-state index in [-0.39, 0.29) is 5.92 Å². The predicted octanol–water partition coefficient (Wildman–Crippen LogP) is 19.8. The minimum absolute atomic E-state index is 0.0937. The first-order chi connectivity index (χ1) is 35.9. The van der Waals surface area contributed by atoms with Gasteiger partial charge in [0.15, 0.2) is 16.7 Å². The summed E-state index contributed by atoms with van der Waals surface area (Å²) in [6, 6.07) is 71.8. The number of fused-ring (bicyclic) bond motifs is 10. The third-order valence-electron chi connectivity index (χ3n) is 15.4. The first-order valence-electron chi connectivity index (χ1n) is 25.3. The molecule has 1 atom stereocenters. The summed E-state index contributed by atoms with van der Waals surface area (Å²) in [7, 11) is 0. The van der Waals surface area contributed by atoms with E-state index in [0.29, 0.717) is 0 Å². The van der Waals surface area contributed by atoms with Gasteiger partial charge in [-0.25, -0.2) is 0 Å². The Morgan fingerprint density at radius 2 is 0.959 bits per heavy atom. The fourth-order valence-corrected chi connectivity index (χ4v) is 11.5. The smallest absolute Gasteiger partial charge is 0.162 e. The Kier molecular flexibility index (Phi) is 9.84. The highest BCUT2D eigenvalue weighted by Gasteiger charge is 2.33. The molecule has 0 bridgehead atoms. The number of benzene rings is 10. The van der Waals surface area contributed by atoms with Crippen LogP contribution >= 0.6 is 0 Å². The van der Waals surface area contributed by atoms with Crippen molar-refractivity contribution in [3.63, 3.8) is 0 Å². The topological polar surface area (TPSA) is 45.9 Å². The van der Waals surface area contributed by atoms with E-state index in [4.69, 9.17) is 13.3 Å². The van der Waals surface area contributed by atoms with Gasteiger partial charge < -0.3 is 23.1 Å². The Hall–Kier alpha value is -9.06. The van der Waals surface area contributed by atoms with Gasteiger partial charge in [0.05, 0.1) is 28.1 Å². The van der Waals surface area contributed by atoms with E-state index >= 15 is 0 Å². The Morgan fingerprint density at radius 1 is 0.411 bits per heavy atom. The number of anilines is 6. The van der Waals surface area contributed by atoms with Crippen molar-refractivity contribution in [1.82, 2.24) is 0 Å². The molecule has 0 radical (unpaired) electrons. The maximum atomic E-state index is 7.41. The van der Waals surface area contributed by atoms with Crippen LogP contribution in [0.1, 0.15) is 51.5 Å². The second-order valence-corrected chi connectivity index (χ2v) is 19.7. The van der Waals surface area contributed by atoms with Crippen LogP contribution < -0.4 is 9.80 Å². The van der Waals surface area contributed by atoms with E-state index in [0.717, 1.165) is 129 Å². The lowest BCUT2D eigenvalue weighted by Crippen LogP contribution is -2.15. The zero-order valence-corrected chi connectivity index (χ0v) is 41.1. The monoisotopic (exact) mass is 942 g/mol. The normalized spacial score (nSPS) is 13.5. The summed E-state index contributed by atoms with van der Waals surface area (Å²) in [5, 5.41) is 7.28. The fraction of sp³-hybridized carbons (Fsp3) is 0.0882. The number of para-hydroxylation sites is 4. The molecule has 14 rings (SSSR count). The van der Waals surface area contributed by atoms with E-state index in [1.54, 1.807) is 0 Å². The van der Waals surface area contributed by atoms with Crippen LogP contribution in [0.2, 0.25) is 0 Å². The summed E-state index contributed by atoms with van der Waals surface area (Å²) < 4.78 is 22.0. The van der Waals surface area contributed by atoms with Gasteiger partial charge in [0.1, 0.15) is 16.9 Å². The Morgan fingerprint density at radius 3 is 1.64 bits per heavy atom. The van der Waals surface area contributed by atoms with Gasteiger partial charge in [-0.05, 0) is 110 Å². The van der Waals surface area contributed by atoms with Crippen LogP contribution in [-0.2, 0) is 0 Å². The molecule has 5 nitrogen and oxygen atoms in total. The van der Waals surface area contributed by atoms with Crippen molar-refractivity contribution >= 4 is 106 Å². The lowest BCUT2D eigenvalue weighted by atomic mass is 9.87. The predicted molar refractivity (Wildman–Crippen MR) is 304 cm³/mol. The van der Waals surface area contributed by atoms with Gasteiger partial charge in [0.2, 0.25) is 0 Å². The van der Waals surface area contributed by atoms with Crippen LogP contribution in [-0.4, -0.2) is 0 Å². The average molecular weight is 943 g/mol. The summed E-state index contributed by atoms with van der Waals surface area (Å²) >= 11 is 0. The molecule has 13 aromatic rings. The van der Waals surface area contributed by atoms with Gasteiger partial charge in [-0.15, -0.1) is 0 Å². The van der Waals surface area contributed by atoms with Crippen molar-refractivity contribution in [3.8, 4) is 11.1 Å². The van der Waals surface area contributed by atoms with Crippen molar-refractivity contribution in [2.24, 2.45) is 0 Å². The molecule has 1 aliphatic carbocycles. The van der Waals surface area contributed by atoms with E-state index in [1.165, 1.54) is 27.8 Å². The molecule has 0 aliphatic heterocycles. The zero-order valence-electron chi connectivity index (χ0n) is 41.1. The number of allylic oxidation sites excluding steroid dienone is 1. The van der Waals surface area contributed by atoms with Crippen molar-refractivity contribution in [2.45, 2.75) is 40.0 Å². The minimum atomic E-state index is 0.0937. The van der Waals surface area contributed by atoms with Crippen molar-refractivity contribution < 1.29 is 13.3 Å². The van der Waals surface area contributed by atoms with E-state index in [1.807, 2.05) is 0 Å². The highest BCUT2D eigenvalue weighted by atomic mass is 16.3. The van der Waals surface area contributed by atoms with E-state index in [2.05, 4.69) is 250 Å². The van der Waals surface area contributed by atoms with Crippen LogP contribution in [0.5, 0.6) is 0 Å². The van der Waals surface area contributed by atoms with Crippen LogP contribution in [0.15, 0.2) is 220 Å². The molecular weight excluding hydrogens is 893 g/mol. The SMILES string of the molecule is Cc1ccc(N(c2cccc3c4c(oc23)C(c2ccccc2)CC=C4)c2c3ccccc3c(N(c3ccc(C)c(C)c3)c3cccc4c3oc3c(-c5ccccc5)cccc34)c3c2oc2ccccc23)cc1C. The number of hydrogen-bond acceptors (Lipinski definition) is 5. The van der Waals surface area contributed by atoms with Crippen molar-refractivity contribution in [2.75, 3.05) is 9.80 Å². The van der Waals surface area contributed by atoms with Gasteiger partial charge >= 0.3 is 0 Å². The molecule has 0 amide bonds. The number of furan rings is 3. The maximum Gasteiger partial charge on any atom is 0.162 e. The molecule has 350 valence electrons.